The second kappa shape index (κ2) is 7.38. The third kappa shape index (κ3) is 4.28. The lowest BCUT2D eigenvalue weighted by Crippen LogP contribution is -2.37. The summed E-state index contributed by atoms with van der Waals surface area (Å²) >= 11 is 0. The Bertz CT molecular complexity index is 727. The highest BCUT2D eigenvalue weighted by atomic mass is 19.1. The van der Waals surface area contributed by atoms with Crippen LogP contribution in [0.3, 0.4) is 0 Å². The van der Waals surface area contributed by atoms with Crippen LogP contribution in [-0.4, -0.2) is 31.0 Å². The molecule has 0 aliphatic heterocycles. The van der Waals surface area contributed by atoms with Gasteiger partial charge in [-0.25, -0.2) is 13.2 Å². The molecular weight excluding hydrogens is 319 g/mol. The van der Waals surface area contributed by atoms with Crippen molar-refractivity contribution in [2.45, 2.75) is 19.4 Å². The topological polar surface area (TPSA) is 29.5 Å². The number of nitrogens with zero attached hydrogens (tertiary/aromatic N) is 1. The monoisotopic (exact) mass is 337 g/mol. The van der Waals surface area contributed by atoms with Gasteiger partial charge in [0.1, 0.15) is 23.2 Å². The first kappa shape index (κ1) is 17.8. The van der Waals surface area contributed by atoms with Crippen LogP contribution >= 0.6 is 0 Å². The summed E-state index contributed by atoms with van der Waals surface area (Å²) in [6.07, 6.45) is -0.365. The third-order valence-electron chi connectivity index (χ3n) is 3.43. The molecule has 0 heterocycles. The maximum absolute atomic E-state index is 13.9. The van der Waals surface area contributed by atoms with Gasteiger partial charge in [-0.3, -0.25) is 4.79 Å². The molecule has 2 rings (SSSR count). The molecule has 0 aliphatic rings. The molecule has 0 aliphatic carbocycles. The fraction of sp³-hybridized carbons (Fsp3) is 0.278. The van der Waals surface area contributed by atoms with Crippen molar-refractivity contribution in [3.05, 3.63) is 53.8 Å². The molecule has 0 spiro atoms. The summed E-state index contributed by atoms with van der Waals surface area (Å²) in [6, 6.07) is 6.67. The van der Waals surface area contributed by atoms with E-state index in [4.69, 9.17) is 4.74 Å². The minimum atomic E-state index is -0.765. The number of likely N-dealkylation sites (N-methyl/N-ethyl adjacent to an activating group) is 1. The van der Waals surface area contributed by atoms with Gasteiger partial charge in [-0.05, 0) is 41.8 Å². The predicted octanol–water partition coefficient (Wildman–Crippen LogP) is 4.02. The molecule has 1 unspecified atom stereocenters. The summed E-state index contributed by atoms with van der Waals surface area (Å²) in [5, 5.41) is 0. The molecule has 1 amide bonds. The number of halogens is 3. The minimum Gasteiger partial charge on any atom is -0.480 e. The lowest BCUT2D eigenvalue weighted by molar-refractivity contribution is -0.136. The van der Waals surface area contributed by atoms with Crippen LogP contribution < -0.4 is 4.74 Å². The van der Waals surface area contributed by atoms with E-state index in [2.05, 4.69) is 0 Å². The standard InChI is InChI=1S/C18H18F3NO2/c1-4-17(18(23)22(2)3)24-16-8-12(7-15(21)10-16)11-5-13(19)9-14(20)6-11/h5-10,17H,4H2,1-3H3. The zero-order valence-corrected chi connectivity index (χ0v) is 13.6. The van der Waals surface area contributed by atoms with Gasteiger partial charge >= 0.3 is 0 Å². The van der Waals surface area contributed by atoms with Crippen molar-refractivity contribution in [1.82, 2.24) is 4.90 Å². The van der Waals surface area contributed by atoms with Crippen LogP contribution in [0, 0.1) is 17.5 Å². The lowest BCUT2D eigenvalue weighted by Gasteiger charge is -2.21. The highest BCUT2D eigenvalue weighted by Crippen LogP contribution is 2.28. The summed E-state index contributed by atoms with van der Waals surface area (Å²) in [5.74, 6) is -2.27. The van der Waals surface area contributed by atoms with Gasteiger partial charge in [0.15, 0.2) is 6.10 Å². The molecule has 0 radical (unpaired) electrons. The summed E-state index contributed by atoms with van der Waals surface area (Å²) in [6.45, 7) is 1.77. The number of hydrogen-bond acceptors (Lipinski definition) is 2. The van der Waals surface area contributed by atoms with Gasteiger partial charge in [-0.2, -0.15) is 0 Å². The normalized spacial score (nSPS) is 11.9. The number of carbonyl (C=O) groups is 1. The average molecular weight is 337 g/mol. The van der Waals surface area contributed by atoms with Crippen molar-refractivity contribution >= 4 is 5.91 Å². The maximum Gasteiger partial charge on any atom is 0.263 e. The van der Waals surface area contributed by atoms with Crippen LogP contribution in [-0.2, 0) is 4.79 Å². The molecule has 1 atom stereocenters. The number of benzene rings is 2. The molecule has 0 N–H and O–H groups in total. The van der Waals surface area contributed by atoms with E-state index in [1.54, 1.807) is 21.0 Å². The molecule has 6 heteroatoms. The lowest BCUT2D eigenvalue weighted by atomic mass is 10.0. The minimum absolute atomic E-state index is 0.122. The number of rotatable bonds is 5. The second-order valence-corrected chi connectivity index (χ2v) is 5.58. The molecule has 0 aromatic heterocycles. The highest BCUT2D eigenvalue weighted by Gasteiger charge is 2.20. The Labute approximate surface area is 138 Å². The largest absolute Gasteiger partial charge is 0.480 e. The molecule has 24 heavy (non-hydrogen) atoms. The van der Waals surface area contributed by atoms with E-state index < -0.39 is 23.6 Å². The zero-order chi connectivity index (χ0) is 17.9. The fourth-order valence-electron chi connectivity index (χ4n) is 2.28. The number of ether oxygens (including phenoxy) is 1. The van der Waals surface area contributed by atoms with Crippen LogP contribution in [0.4, 0.5) is 13.2 Å². The van der Waals surface area contributed by atoms with Crippen LogP contribution in [0.2, 0.25) is 0 Å². The molecule has 3 nitrogen and oxygen atoms in total. The summed E-state index contributed by atoms with van der Waals surface area (Å²) in [7, 11) is 3.20. The first-order valence-electron chi connectivity index (χ1n) is 7.45. The van der Waals surface area contributed by atoms with E-state index >= 15 is 0 Å². The van der Waals surface area contributed by atoms with E-state index in [9.17, 15) is 18.0 Å². The molecule has 2 aromatic rings. The molecule has 0 saturated carbocycles. The SMILES string of the molecule is CCC(Oc1cc(F)cc(-c2cc(F)cc(F)c2)c1)C(=O)N(C)C. The van der Waals surface area contributed by atoms with E-state index in [-0.39, 0.29) is 22.8 Å². The smallest absolute Gasteiger partial charge is 0.263 e. The van der Waals surface area contributed by atoms with Gasteiger partial charge < -0.3 is 9.64 Å². The van der Waals surface area contributed by atoms with Crippen LogP contribution in [0.15, 0.2) is 36.4 Å². The van der Waals surface area contributed by atoms with Crippen molar-refractivity contribution in [2.24, 2.45) is 0 Å². The first-order chi connectivity index (χ1) is 11.3. The van der Waals surface area contributed by atoms with Crippen molar-refractivity contribution < 1.29 is 22.7 Å². The Morgan fingerprint density at radius 1 is 0.958 bits per heavy atom. The van der Waals surface area contributed by atoms with Gasteiger partial charge in [-0.15, -0.1) is 0 Å². The van der Waals surface area contributed by atoms with Crippen molar-refractivity contribution in [3.63, 3.8) is 0 Å². The Balaban J connectivity index is 2.36. The molecule has 128 valence electrons. The van der Waals surface area contributed by atoms with Gasteiger partial charge in [-0.1, -0.05) is 6.92 Å². The van der Waals surface area contributed by atoms with Crippen molar-refractivity contribution in [2.75, 3.05) is 14.1 Å². The van der Waals surface area contributed by atoms with Crippen LogP contribution in [0.25, 0.3) is 11.1 Å². The van der Waals surface area contributed by atoms with Gasteiger partial charge in [0, 0.05) is 26.2 Å². The van der Waals surface area contributed by atoms with Crippen molar-refractivity contribution in [1.29, 1.82) is 0 Å². The van der Waals surface area contributed by atoms with Gasteiger partial charge in [0.25, 0.3) is 5.91 Å². The Morgan fingerprint density at radius 2 is 1.46 bits per heavy atom. The molecule has 0 saturated heterocycles. The molecule has 2 aromatic carbocycles. The summed E-state index contributed by atoms with van der Waals surface area (Å²) < 4.78 is 46.2. The number of carbonyl (C=O) groups excluding carboxylic acids is 1. The second-order valence-electron chi connectivity index (χ2n) is 5.58. The van der Waals surface area contributed by atoms with Gasteiger partial charge in [0.2, 0.25) is 0 Å². The molecular formula is C18H18F3NO2. The van der Waals surface area contributed by atoms with Crippen molar-refractivity contribution in [3.8, 4) is 16.9 Å². The van der Waals surface area contributed by atoms with E-state index in [1.165, 1.54) is 11.0 Å². The quantitative estimate of drug-likeness (QED) is 0.825. The first-order valence-corrected chi connectivity index (χ1v) is 7.45. The number of amides is 1. The van der Waals surface area contributed by atoms with E-state index in [0.717, 1.165) is 30.3 Å². The number of hydrogen-bond donors (Lipinski definition) is 0. The Hall–Kier alpha value is -2.50. The zero-order valence-electron chi connectivity index (χ0n) is 13.6. The van der Waals surface area contributed by atoms with E-state index in [1.807, 2.05) is 0 Å². The third-order valence-corrected chi connectivity index (χ3v) is 3.43. The average Bonchev–Trinajstić information content (AvgIpc) is 2.50. The van der Waals surface area contributed by atoms with Gasteiger partial charge in [0.05, 0.1) is 0 Å². The summed E-state index contributed by atoms with van der Waals surface area (Å²) in [4.78, 5) is 13.4. The summed E-state index contributed by atoms with van der Waals surface area (Å²) in [5.41, 5.74) is 0.444. The molecule has 0 bridgehead atoms. The maximum atomic E-state index is 13.9. The van der Waals surface area contributed by atoms with E-state index in [0.29, 0.717) is 6.42 Å². The Morgan fingerprint density at radius 3 is 1.96 bits per heavy atom. The van der Waals surface area contributed by atoms with Crippen LogP contribution in [0.5, 0.6) is 5.75 Å². The fourth-order valence-corrected chi connectivity index (χ4v) is 2.28. The highest BCUT2D eigenvalue weighted by molar-refractivity contribution is 5.80. The van der Waals surface area contributed by atoms with Crippen LogP contribution in [0.1, 0.15) is 13.3 Å². The predicted molar refractivity (Wildman–Crippen MR) is 85.2 cm³/mol. The molecule has 0 fully saturated rings. The Kier molecular flexibility index (Phi) is 5.49.